The van der Waals surface area contributed by atoms with Crippen LogP contribution >= 0.6 is 0 Å². The number of imidazole rings is 1. The third-order valence-corrected chi connectivity index (χ3v) is 4.33. The molecule has 140 valence electrons. The molecular weight excluding hydrogens is 356 g/mol. The van der Waals surface area contributed by atoms with E-state index in [-0.39, 0.29) is 11.7 Å². The van der Waals surface area contributed by atoms with Crippen molar-refractivity contribution in [3.63, 3.8) is 0 Å². The summed E-state index contributed by atoms with van der Waals surface area (Å²) in [5.41, 5.74) is 5.27. The van der Waals surface area contributed by atoms with Gasteiger partial charge in [-0.1, -0.05) is 42.5 Å². The van der Waals surface area contributed by atoms with E-state index in [0.717, 1.165) is 16.6 Å². The van der Waals surface area contributed by atoms with Crippen molar-refractivity contribution < 1.29 is 14.0 Å². The average Bonchev–Trinajstić information content (AvgIpc) is 3.39. The summed E-state index contributed by atoms with van der Waals surface area (Å²) < 4.78 is 6.68. The predicted molar refractivity (Wildman–Crippen MR) is 104 cm³/mol. The van der Waals surface area contributed by atoms with Crippen LogP contribution in [0.2, 0.25) is 0 Å². The van der Waals surface area contributed by atoms with Crippen molar-refractivity contribution in [2.75, 3.05) is 5.43 Å². The van der Waals surface area contributed by atoms with Crippen molar-refractivity contribution in [2.45, 2.75) is 12.5 Å². The molecule has 4 aromatic rings. The Labute approximate surface area is 161 Å². The predicted octanol–water partition coefficient (Wildman–Crippen LogP) is 2.74. The Morgan fingerprint density at radius 2 is 1.79 bits per heavy atom. The van der Waals surface area contributed by atoms with Crippen molar-refractivity contribution in [2.24, 2.45) is 0 Å². The number of para-hydroxylation sites is 2. The van der Waals surface area contributed by atoms with Gasteiger partial charge in [0.2, 0.25) is 0 Å². The molecule has 0 fully saturated rings. The van der Waals surface area contributed by atoms with E-state index in [1.165, 1.54) is 12.6 Å². The molecule has 0 saturated heterocycles. The quantitative estimate of drug-likeness (QED) is 0.543. The molecule has 0 aliphatic carbocycles. The number of hydrogen-bond donors (Lipinski definition) is 2. The van der Waals surface area contributed by atoms with Gasteiger partial charge < -0.3 is 9.73 Å². The number of benzene rings is 2. The van der Waals surface area contributed by atoms with E-state index in [0.29, 0.717) is 6.42 Å². The molecule has 7 nitrogen and oxygen atoms in total. The summed E-state index contributed by atoms with van der Waals surface area (Å²) in [6.45, 7) is 0. The standard InChI is InChI=1S/C21H18N4O3/c26-20(24-25-14-22-16-9-4-5-10-18(16)25)17(13-15-7-2-1-3-8-15)23-21(27)19-11-6-12-28-19/h1-12,14,17H,13H2,(H,23,27)(H,24,26). The van der Waals surface area contributed by atoms with Crippen LogP contribution in [0.5, 0.6) is 0 Å². The van der Waals surface area contributed by atoms with E-state index in [1.54, 1.807) is 16.8 Å². The minimum atomic E-state index is -0.791. The summed E-state index contributed by atoms with van der Waals surface area (Å²) in [5.74, 6) is -0.651. The molecule has 28 heavy (non-hydrogen) atoms. The van der Waals surface area contributed by atoms with Gasteiger partial charge in [-0.15, -0.1) is 0 Å². The third kappa shape index (κ3) is 3.78. The first-order chi connectivity index (χ1) is 13.7. The number of carbonyl (C=O) groups is 2. The molecule has 0 aliphatic heterocycles. The maximum absolute atomic E-state index is 13.0. The van der Waals surface area contributed by atoms with Crippen LogP contribution in [0.25, 0.3) is 11.0 Å². The topological polar surface area (TPSA) is 89.2 Å². The van der Waals surface area contributed by atoms with E-state index in [2.05, 4.69) is 15.7 Å². The molecule has 0 radical (unpaired) electrons. The molecule has 0 aliphatic rings. The molecular formula is C21H18N4O3. The molecule has 2 amide bonds. The molecule has 2 N–H and O–H groups in total. The van der Waals surface area contributed by atoms with Crippen LogP contribution < -0.4 is 10.7 Å². The summed E-state index contributed by atoms with van der Waals surface area (Å²) in [6.07, 6.45) is 3.29. The van der Waals surface area contributed by atoms with Crippen molar-refractivity contribution in [1.29, 1.82) is 0 Å². The van der Waals surface area contributed by atoms with Crippen LogP contribution in [0.4, 0.5) is 0 Å². The zero-order valence-corrected chi connectivity index (χ0v) is 14.9. The van der Waals surface area contributed by atoms with Gasteiger partial charge in [0.05, 0.1) is 17.3 Å². The molecule has 0 spiro atoms. The van der Waals surface area contributed by atoms with E-state index in [1.807, 2.05) is 54.6 Å². The number of fused-ring (bicyclic) bond motifs is 1. The van der Waals surface area contributed by atoms with Gasteiger partial charge >= 0.3 is 0 Å². The van der Waals surface area contributed by atoms with Crippen LogP contribution in [-0.2, 0) is 11.2 Å². The minimum Gasteiger partial charge on any atom is -0.459 e. The number of carbonyl (C=O) groups excluding carboxylic acids is 2. The van der Waals surface area contributed by atoms with Crippen molar-refractivity contribution in [3.8, 4) is 0 Å². The molecule has 4 rings (SSSR count). The van der Waals surface area contributed by atoms with E-state index in [4.69, 9.17) is 4.42 Å². The SMILES string of the molecule is O=C(NC(Cc1ccccc1)C(=O)Nn1cnc2ccccc21)c1ccco1. The van der Waals surface area contributed by atoms with Crippen molar-refractivity contribution in [3.05, 3.63) is 90.6 Å². The van der Waals surface area contributed by atoms with Gasteiger partial charge in [0.1, 0.15) is 12.4 Å². The number of aromatic nitrogens is 2. The highest BCUT2D eigenvalue weighted by Gasteiger charge is 2.23. The molecule has 1 unspecified atom stereocenters. The normalized spacial score (nSPS) is 11.9. The van der Waals surface area contributed by atoms with Gasteiger partial charge in [-0.2, -0.15) is 0 Å². The Morgan fingerprint density at radius 1 is 1.00 bits per heavy atom. The number of hydrogen-bond acceptors (Lipinski definition) is 4. The number of nitrogens with one attached hydrogen (secondary N) is 2. The second-order valence-electron chi connectivity index (χ2n) is 6.27. The maximum atomic E-state index is 13.0. The van der Waals surface area contributed by atoms with Crippen LogP contribution in [0.3, 0.4) is 0 Å². The Morgan fingerprint density at radius 3 is 2.57 bits per heavy atom. The van der Waals surface area contributed by atoms with Crippen LogP contribution in [0, 0.1) is 0 Å². The average molecular weight is 374 g/mol. The second-order valence-corrected chi connectivity index (χ2v) is 6.27. The van der Waals surface area contributed by atoms with Crippen LogP contribution in [0.15, 0.2) is 83.7 Å². The summed E-state index contributed by atoms with van der Waals surface area (Å²) in [6, 6.07) is 19.3. The lowest BCUT2D eigenvalue weighted by Crippen LogP contribution is -2.47. The Kier molecular flexibility index (Phi) is 4.88. The van der Waals surface area contributed by atoms with Crippen molar-refractivity contribution >= 4 is 22.8 Å². The minimum absolute atomic E-state index is 0.152. The zero-order valence-electron chi connectivity index (χ0n) is 14.9. The van der Waals surface area contributed by atoms with E-state index < -0.39 is 11.9 Å². The van der Waals surface area contributed by atoms with E-state index in [9.17, 15) is 9.59 Å². The highest BCUT2D eigenvalue weighted by atomic mass is 16.3. The Hall–Kier alpha value is -3.87. The number of furan rings is 1. The van der Waals surface area contributed by atoms with Gasteiger partial charge in [0.15, 0.2) is 5.76 Å². The number of amides is 2. The molecule has 2 aromatic carbocycles. The molecule has 7 heteroatoms. The monoisotopic (exact) mass is 374 g/mol. The zero-order chi connectivity index (χ0) is 19.3. The second kappa shape index (κ2) is 7.79. The molecule has 2 heterocycles. The fraction of sp³-hybridized carbons (Fsp3) is 0.0952. The molecule has 0 bridgehead atoms. The first-order valence-corrected chi connectivity index (χ1v) is 8.82. The molecule has 2 aromatic heterocycles. The number of nitrogens with zero attached hydrogens (tertiary/aromatic N) is 2. The number of rotatable bonds is 6. The third-order valence-electron chi connectivity index (χ3n) is 4.33. The molecule has 0 saturated carbocycles. The van der Waals surface area contributed by atoms with Crippen LogP contribution in [0.1, 0.15) is 16.1 Å². The van der Waals surface area contributed by atoms with Gasteiger partial charge in [0.25, 0.3) is 11.8 Å². The lowest BCUT2D eigenvalue weighted by molar-refractivity contribution is -0.118. The van der Waals surface area contributed by atoms with Gasteiger partial charge in [0, 0.05) is 6.42 Å². The Bertz CT molecular complexity index is 1090. The first-order valence-electron chi connectivity index (χ1n) is 8.82. The summed E-state index contributed by atoms with van der Waals surface area (Å²) in [4.78, 5) is 29.6. The van der Waals surface area contributed by atoms with Crippen LogP contribution in [-0.4, -0.2) is 27.5 Å². The summed E-state index contributed by atoms with van der Waals surface area (Å²) in [7, 11) is 0. The smallest absolute Gasteiger partial charge is 0.287 e. The highest BCUT2D eigenvalue weighted by Crippen LogP contribution is 2.11. The lowest BCUT2D eigenvalue weighted by atomic mass is 10.1. The largest absolute Gasteiger partial charge is 0.459 e. The maximum Gasteiger partial charge on any atom is 0.287 e. The first kappa shape index (κ1) is 17.5. The van der Waals surface area contributed by atoms with Gasteiger partial charge in [-0.05, 0) is 29.8 Å². The molecule has 1 atom stereocenters. The summed E-state index contributed by atoms with van der Waals surface area (Å²) >= 11 is 0. The van der Waals surface area contributed by atoms with Crippen molar-refractivity contribution in [1.82, 2.24) is 15.0 Å². The fourth-order valence-electron chi connectivity index (χ4n) is 2.94. The lowest BCUT2D eigenvalue weighted by Gasteiger charge is -2.18. The van der Waals surface area contributed by atoms with E-state index >= 15 is 0 Å². The highest BCUT2D eigenvalue weighted by molar-refractivity contribution is 5.98. The van der Waals surface area contributed by atoms with Gasteiger partial charge in [-0.25, -0.2) is 9.66 Å². The summed E-state index contributed by atoms with van der Waals surface area (Å²) in [5, 5.41) is 2.75. The Balaban J connectivity index is 1.56. The van der Waals surface area contributed by atoms with Gasteiger partial charge in [-0.3, -0.25) is 15.0 Å². The fourth-order valence-corrected chi connectivity index (χ4v) is 2.94.